The molecule has 0 aliphatic carbocycles. The number of nitrogens with two attached hydrogens (primary N) is 1. The summed E-state index contributed by atoms with van der Waals surface area (Å²) in [5.41, 5.74) is 7.51. The van der Waals surface area contributed by atoms with Gasteiger partial charge in [0.2, 0.25) is 17.3 Å². The lowest BCUT2D eigenvalue weighted by Crippen LogP contribution is -2.16. The third-order valence-electron chi connectivity index (χ3n) is 6.30. The van der Waals surface area contributed by atoms with Gasteiger partial charge in [0.25, 0.3) is 0 Å². The Hall–Kier alpha value is -3.12. The second kappa shape index (κ2) is 15.5. The molecule has 1 aromatic heterocycles. The van der Waals surface area contributed by atoms with E-state index in [4.69, 9.17) is 15.1 Å². The number of aliphatic imine (C=N–C) groups is 1. The first-order chi connectivity index (χ1) is 18.8. The van der Waals surface area contributed by atoms with Gasteiger partial charge in [-0.25, -0.2) is 28.7 Å². The predicted molar refractivity (Wildman–Crippen MR) is 156 cm³/mol. The molecule has 0 fully saturated rings. The van der Waals surface area contributed by atoms with E-state index in [0.29, 0.717) is 6.61 Å². The number of nitrogens with one attached hydrogen (secondary N) is 1. The third kappa shape index (κ3) is 10.2. The van der Waals surface area contributed by atoms with Gasteiger partial charge in [0, 0.05) is 12.1 Å². The molecule has 3 aromatic rings. The number of aromatic nitrogens is 2. The largest absolute Gasteiger partial charge is 0.295 e. The van der Waals surface area contributed by atoms with Gasteiger partial charge in [-0.2, -0.15) is 5.10 Å². The highest BCUT2D eigenvalue weighted by atomic mass is 32.2. The highest BCUT2D eigenvalue weighted by molar-refractivity contribution is 7.89. The van der Waals surface area contributed by atoms with Gasteiger partial charge in [0.05, 0.1) is 22.0 Å². The Morgan fingerprint density at radius 3 is 2.31 bits per heavy atom. The van der Waals surface area contributed by atoms with Gasteiger partial charge in [-0.3, -0.25) is 9.63 Å². The molecule has 0 bridgehead atoms. The standard InChI is InChI=1S/C28H37BN5O4S/c1-22-10-12-23(13-11-22)27-20-24(33-34(27)25-14-16-26(17-15-25)39(30,36)37)21-38-32-19-9-7-5-3-4-6-8-18-29-28(35)31-2/h10-17,20,32H,2-9,18-19,21H2,1H3,(H2,30,36,37). The zero-order valence-electron chi connectivity index (χ0n) is 22.5. The van der Waals surface area contributed by atoms with Gasteiger partial charge in [-0.05, 0) is 50.4 Å². The summed E-state index contributed by atoms with van der Waals surface area (Å²) in [6, 6.07) is 16.4. The lowest BCUT2D eigenvalue weighted by atomic mass is 9.72. The van der Waals surface area contributed by atoms with E-state index in [2.05, 4.69) is 17.2 Å². The van der Waals surface area contributed by atoms with Crippen LogP contribution in [0.4, 0.5) is 4.79 Å². The van der Waals surface area contributed by atoms with Crippen molar-refractivity contribution in [2.45, 2.75) is 69.7 Å². The van der Waals surface area contributed by atoms with E-state index in [0.717, 1.165) is 66.8 Å². The van der Waals surface area contributed by atoms with Crippen LogP contribution in [-0.4, -0.2) is 44.5 Å². The number of unbranched alkanes of at least 4 members (excludes halogenated alkanes) is 6. The quantitative estimate of drug-likeness (QED) is 0.103. The summed E-state index contributed by atoms with van der Waals surface area (Å²) in [6.45, 7) is 6.31. The summed E-state index contributed by atoms with van der Waals surface area (Å²) in [6.07, 6.45) is 8.58. The fraction of sp³-hybridized carbons (Fsp3) is 0.393. The summed E-state index contributed by atoms with van der Waals surface area (Å²) in [5.74, 6) is -0.234. The Morgan fingerprint density at radius 2 is 1.67 bits per heavy atom. The number of hydrogen-bond donors (Lipinski definition) is 2. The number of benzene rings is 2. The maximum absolute atomic E-state index is 11.6. The molecule has 39 heavy (non-hydrogen) atoms. The van der Waals surface area contributed by atoms with Gasteiger partial charge in [0.15, 0.2) is 5.81 Å². The van der Waals surface area contributed by atoms with E-state index in [1.54, 1.807) is 24.1 Å². The van der Waals surface area contributed by atoms with E-state index in [-0.39, 0.29) is 10.7 Å². The first-order valence-electron chi connectivity index (χ1n) is 13.3. The van der Waals surface area contributed by atoms with Gasteiger partial charge in [-0.15, -0.1) is 0 Å². The van der Waals surface area contributed by atoms with E-state index in [1.165, 1.54) is 31.4 Å². The molecule has 2 aromatic carbocycles. The molecule has 0 unspecified atom stereocenters. The number of hydrogen-bond acceptors (Lipinski definition) is 6. The number of primary sulfonamides is 1. The van der Waals surface area contributed by atoms with Crippen molar-refractivity contribution in [2.24, 2.45) is 10.1 Å². The van der Waals surface area contributed by atoms with Crippen LogP contribution in [0.5, 0.6) is 0 Å². The van der Waals surface area contributed by atoms with Crippen molar-refractivity contribution in [3.8, 4) is 16.9 Å². The number of carbonyl (C=O) groups excluding carboxylic acids is 1. The number of hydroxylamine groups is 1. The Kier molecular flexibility index (Phi) is 12.1. The average Bonchev–Trinajstić information content (AvgIpc) is 3.35. The number of aryl methyl sites for hydroxylation is 1. The van der Waals surface area contributed by atoms with Crippen LogP contribution in [0.1, 0.15) is 56.2 Å². The van der Waals surface area contributed by atoms with Crippen molar-refractivity contribution >= 4 is 29.8 Å². The topological polar surface area (TPSA) is 129 Å². The lowest BCUT2D eigenvalue weighted by molar-refractivity contribution is 0.0252. The van der Waals surface area contributed by atoms with Gasteiger partial charge in [0.1, 0.15) is 6.61 Å². The average molecular weight is 551 g/mol. The van der Waals surface area contributed by atoms with Gasteiger partial charge >= 0.3 is 0 Å². The van der Waals surface area contributed by atoms with Gasteiger partial charge in [-0.1, -0.05) is 74.7 Å². The molecule has 1 amide bonds. The number of nitrogens with zero attached hydrogens (tertiary/aromatic N) is 3. The molecule has 0 atom stereocenters. The first kappa shape index (κ1) is 30.4. The molecule has 3 N–H and O–H groups in total. The minimum Gasteiger partial charge on any atom is -0.295 e. The zero-order chi connectivity index (χ0) is 28.1. The van der Waals surface area contributed by atoms with Crippen LogP contribution < -0.4 is 10.6 Å². The van der Waals surface area contributed by atoms with E-state index in [1.807, 2.05) is 37.3 Å². The molecule has 1 heterocycles. The molecule has 0 aliphatic heterocycles. The van der Waals surface area contributed by atoms with Crippen LogP contribution in [0, 0.1) is 6.92 Å². The SMILES string of the molecule is C=NC(=O)[B]CCCCCCCCCNOCc1cc(-c2ccc(C)cc2)n(-c2ccc(S(N)(=O)=O)cc2)n1. The Bertz CT molecular complexity index is 1310. The molecule has 0 spiro atoms. The van der Waals surface area contributed by atoms with Crippen LogP contribution in [0.2, 0.25) is 6.32 Å². The summed E-state index contributed by atoms with van der Waals surface area (Å²) < 4.78 is 25.1. The maximum Gasteiger partial charge on any atom is 0.238 e. The second-order valence-corrected chi connectivity index (χ2v) is 11.0. The Morgan fingerprint density at radius 1 is 1.03 bits per heavy atom. The van der Waals surface area contributed by atoms with Crippen molar-refractivity contribution in [3.05, 3.63) is 65.9 Å². The van der Waals surface area contributed by atoms with Crippen molar-refractivity contribution in [1.29, 1.82) is 0 Å². The molecule has 0 saturated carbocycles. The summed E-state index contributed by atoms with van der Waals surface area (Å²) in [4.78, 5) is 20.1. The van der Waals surface area contributed by atoms with Crippen molar-refractivity contribution in [2.75, 3.05) is 6.54 Å². The van der Waals surface area contributed by atoms with E-state index < -0.39 is 10.0 Å². The molecular weight excluding hydrogens is 513 g/mol. The summed E-state index contributed by atoms with van der Waals surface area (Å²) in [5, 5.41) is 9.96. The lowest BCUT2D eigenvalue weighted by Gasteiger charge is -2.09. The minimum absolute atomic E-state index is 0.0522. The predicted octanol–water partition coefficient (Wildman–Crippen LogP) is 5.19. The molecule has 9 nitrogen and oxygen atoms in total. The molecule has 1 radical (unpaired) electrons. The van der Waals surface area contributed by atoms with Crippen molar-refractivity contribution in [3.63, 3.8) is 0 Å². The zero-order valence-corrected chi connectivity index (χ0v) is 23.3. The molecule has 3 rings (SSSR count). The van der Waals surface area contributed by atoms with Crippen LogP contribution in [0.25, 0.3) is 16.9 Å². The fourth-order valence-electron chi connectivity index (χ4n) is 4.12. The maximum atomic E-state index is 11.6. The molecule has 207 valence electrons. The highest BCUT2D eigenvalue weighted by Gasteiger charge is 2.14. The monoisotopic (exact) mass is 550 g/mol. The number of carbonyl (C=O) groups is 1. The summed E-state index contributed by atoms with van der Waals surface area (Å²) >= 11 is 0. The van der Waals surface area contributed by atoms with Crippen LogP contribution >= 0.6 is 0 Å². The Balaban J connectivity index is 1.45. The smallest absolute Gasteiger partial charge is 0.238 e. The van der Waals surface area contributed by atoms with Crippen molar-refractivity contribution in [1.82, 2.24) is 15.3 Å². The van der Waals surface area contributed by atoms with Crippen LogP contribution in [0.3, 0.4) is 0 Å². The number of rotatable bonds is 17. The molecule has 0 aliphatic rings. The normalized spacial score (nSPS) is 11.4. The highest BCUT2D eigenvalue weighted by Crippen LogP contribution is 2.25. The fourth-order valence-corrected chi connectivity index (χ4v) is 4.63. The molecular formula is C28H37BN5O4S. The molecule has 11 heteroatoms. The number of amides is 1. The van der Waals surface area contributed by atoms with E-state index >= 15 is 0 Å². The second-order valence-electron chi connectivity index (χ2n) is 9.48. The van der Waals surface area contributed by atoms with E-state index in [9.17, 15) is 13.2 Å². The minimum atomic E-state index is -3.77. The Labute approximate surface area is 232 Å². The number of sulfonamides is 1. The summed E-state index contributed by atoms with van der Waals surface area (Å²) in [7, 11) is -2.17. The third-order valence-corrected chi connectivity index (χ3v) is 7.23. The van der Waals surface area contributed by atoms with Crippen molar-refractivity contribution < 1.29 is 18.0 Å². The van der Waals surface area contributed by atoms with Gasteiger partial charge < -0.3 is 0 Å². The molecule has 0 saturated heterocycles. The first-order valence-corrected chi connectivity index (χ1v) is 14.8. The van der Waals surface area contributed by atoms with Crippen LogP contribution in [0.15, 0.2) is 64.5 Å². The van der Waals surface area contributed by atoms with Crippen LogP contribution in [-0.2, 0) is 21.5 Å².